The van der Waals surface area contributed by atoms with Gasteiger partial charge in [-0.2, -0.15) is 0 Å². The Morgan fingerprint density at radius 2 is 1.39 bits per heavy atom. The van der Waals surface area contributed by atoms with Gasteiger partial charge in [0.1, 0.15) is 17.2 Å². The largest absolute Gasteiger partial charge is 0.310 e. The summed E-state index contributed by atoms with van der Waals surface area (Å²) < 4.78 is 44.2. The number of nitrogens with zero attached hydrogens (tertiary/aromatic N) is 2. The molecular formula is C15H24F2N3O2P. The number of hydrogen-bond acceptors (Lipinski definition) is 2. The highest BCUT2D eigenvalue weighted by molar-refractivity contribution is 7.57. The summed E-state index contributed by atoms with van der Waals surface area (Å²) in [5.41, 5.74) is -0.716. The molecule has 1 aromatic carbocycles. The smallest absolute Gasteiger partial charge is 0.278 e. The molecule has 0 aliphatic heterocycles. The molecule has 0 atom stereocenters. The maximum absolute atomic E-state index is 13.8. The summed E-state index contributed by atoms with van der Waals surface area (Å²) in [4.78, 5) is 12.4. The zero-order valence-electron chi connectivity index (χ0n) is 14.0. The molecule has 0 heterocycles. The SMILES string of the molecule is CCN(CC)P(=O)(NC(=O)c1c(F)cccc1F)N(CC)CC. The average molecular weight is 347 g/mol. The van der Waals surface area contributed by atoms with E-state index in [2.05, 4.69) is 5.09 Å². The number of nitrogens with one attached hydrogen (secondary N) is 1. The number of halogens is 2. The molecule has 0 aliphatic rings. The number of hydrogen-bond donors (Lipinski definition) is 1. The number of carbonyl (C=O) groups is 1. The van der Waals surface area contributed by atoms with Crippen LogP contribution in [-0.4, -0.2) is 41.4 Å². The van der Waals surface area contributed by atoms with Gasteiger partial charge in [0, 0.05) is 26.2 Å². The van der Waals surface area contributed by atoms with E-state index in [0.29, 0.717) is 26.2 Å². The van der Waals surface area contributed by atoms with Gasteiger partial charge in [0.2, 0.25) is 0 Å². The molecule has 23 heavy (non-hydrogen) atoms. The van der Waals surface area contributed by atoms with Gasteiger partial charge in [-0.05, 0) is 12.1 Å². The Hall–Kier alpha value is -1.30. The van der Waals surface area contributed by atoms with Gasteiger partial charge in [-0.25, -0.2) is 18.1 Å². The zero-order valence-corrected chi connectivity index (χ0v) is 14.9. The second-order valence-corrected chi connectivity index (χ2v) is 7.30. The van der Waals surface area contributed by atoms with Crippen LogP contribution in [0.25, 0.3) is 0 Å². The molecule has 0 aliphatic carbocycles. The maximum Gasteiger partial charge on any atom is 0.310 e. The average Bonchev–Trinajstić information content (AvgIpc) is 2.49. The first-order valence-electron chi connectivity index (χ1n) is 7.73. The summed E-state index contributed by atoms with van der Waals surface area (Å²) >= 11 is 0. The lowest BCUT2D eigenvalue weighted by atomic mass is 10.2. The normalized spacial score (nSPS) is 12.0. The third kappa shape index (κ3) is 4.16. The number of benzene rings is 1. The Labute approximate surface area is 136 Å². The Balaban J connectivity index is 3.25. The Morgan fingerprint density at radius 1 is 1.00 bits per heavy atom. The molecule has 1 N–H and O–H groups in total. The quantitative estimate of drug-likeness (QED) is 0.732. The van der Waals surface area contributed by atoms with Crippen molar-refractivity contribution in [1.82, 2.24) is 14.4 Å². The minimum absolute atomic E-state index is 0.435. The Morgan fingerprint density at radius 3 is 1.74 bits per heavy atom. The number of carbonyl (C=O) groups excluding carboxylic acids is 1. The van der Waals surface area contributed by atoms with Crippen LogP contribution in [0.1, 0.15) is 38.1 Å². The number of amides is 1. The first kappa shape index (κ1) is 19.7. The number of rotatable bonds is 8. The van der Waals surface area contributed by atoms with Gasteiger partial charge in [-0.3, -0.25) is 14.4 Å². The lowest BCUT2D eigenvalue weighted by molar-refractivity contribution is 0.0966. The van der Waals surface area contributed by atoms with E-state index < -0.39 is 30.7 Å². The van der Waals surface area contributed by atoms with Crippen molar-refractivity contribution in [2.75, 3.05) is 26.2 Å². The van der Waals surface area contributed by atoms with Crippen molar-refractivity contribution in [3.05, 3.63) is 35.4 Å². The molecule has 0 unspecified atom stereocenters. The van der Waals surface area contributed by atoms with Crippen LogP contribution in [0, 0.1) is 11.6 Å². The van der Waals surface area contributed by atoms with E-state index in [0.717, 1.165) is 12.1 Å². The van der Waals surface area contributed by atoms with Gasteiger partial charge in [-0.15, -0.1) is 0 Å². The van der Waals surface area contributed by atoms with Crippen molar-refractivity contribution in [2.24, 2.45) is 0 Å². The molecule has 0 spiro atoms. The molecular weight excluding hydrogens is 323 g/mol. The van der Waals surface area contributed by atoms with Crippen LogP contribution >= 0.6 is 7.59 Å². The molecule has 0 bridgehead atoms. The van der Waals surface area contributed by atoms with E-state index in [-0.39, 0.29) is 0 Å². The van der Waals surface area contributed by atoms with Crippen molar-refractivity contribution >= 4 is 13.5 Å². The topological polar surface area (TPSA) is 52.7 Å². The molecule has 0 aromatic heterocycles. The van der Waals surface area contributed by atoms with Gasteiger partial charge in [0.15, 0.2) is 0 Å². The van der Waals surface area contributed by atoms with Gasteiger partial charge in [0.05, 0.1) is 0 Å². The van der Waals surface area contributed by atoms with Crippen molar-refractivity contribution < 1.29 is 18.1 Å². The third-order valence-corrected chi connectivity index (χ3v) is 6.82. The maximum atomic E-state index is 13.8. The van der Waals surface area contributed by atoms with Crippen LogP contribution in [0.15, 0.2) is 18.2 Å². The lowest BCUT2D eigenvalue weighted by Crippen LogP contribution is -2.41. The summed E-state index contributed by atoms with van der Waals surface area (Å²) in [5, 5.41) is 2.38. The molecule has 5 nitrogen and oxygen atoms in total. The molecule has 0 saturated carbocycles. The Bertz CT molecular complexity index is 554. The summed E-state index contributed by atoms with van der Waals surface area (Å²) in [5.74, 6) is -2.97. The molecule has 1 amide bonds. The summed E-state index contributed by atoms with van der Waals surface area (Å²) in [7, 11) is -3.47. The van der Waals surface area contributed by atoms with E-state index in [1.165, 1.54) is 6.07 Å². The van der Waals surface area contributed by atoms with Crippen LogP contribution in [-0.2, 0) is 4.57 Å². The fourth-order valence-corrected chi connectivity index (χ4v) is 4.99. The van der Waals surface area contributed by atoms with Crippen molar-refractivity contribution in [3.8, 4) is 0 Å². The second-order valence-electron chi connectivity index (χ2n) is 4.86. The highest BCUT2D eigenvalue weighted by Crippen LogP contribution is 2.49. The van der Waals surface area contributed by atoms with Gasteiger partial charge in [-0.1, -0.05) is 33.8 Å². The molecule has 1 aromatic rings. The molecule has 0 radical (unpaired) electrons. The zero-order chi connectivity index (χ0) is 17.6. The van der Waals surface area contributed by atoms with E-state index >= 15 is 0 Å². The molecule has 1 rings (SSSR count). The van der Waals surface area contributed by atoms with E-state index in [9.17, 15) is 18.1 Å². The molecule has 8 heteroatoms. The summed E-state index contributed by atoms with van der Waals surface area (Å²) in [6.07, 6.45) is 0. The Kier molecular flexibility index (Phi) is 7.32. The van der Waals surface area contributed by atoms with Crippen molar-refractivity contribution in [1.29, 1.82) is 0 Å². The molecule has 0 saturated heterocycles. The molecule has 130 valence electrons. The van der Waals surface area contributed by atoms with Gasteiger partial charge >= 0.3 is 7.59 Å². The first-order valence-corrected chi connectivity index (χ1v) is 9.34. The highest BCUT2D eigenvalue weighted by Gasteiger charge is 2.37. The standard InChI is InChI=1S/C15H24F2N3O2P/c1-5-19(6-2)23(22,20(7-3)8-4)18-15(21)14-12(16)10-9-11-13(14)17/h9-11H,5-8H2,1-4H3,(H,18,21,22). The predicted octanol–water partition coefficient (Wildman–Crippen LogP) is 3.49. The van der Waals surface area contributed by atoms with E-state index in [1.807, 2.05) is 27.7 Å². The van der Waals surface area contributed by atoms with Crippen LogP contribution < -0.4 is 5.09 Å². The van der Waals surface area contributed by atoms with E-state index in [1.54, 1.807) is 9.34 Å². The van der Waals surface area contributed by atoms with Crippen LogP contribution in [0.5, 0.6) is 0 Å². The van der Waals surface area contributed by atoms with Gasteiger partial charge in [0.25, 0.3) is 5.91 Å². The fraction of sp³-hybridized carbons (Fsp3) is 0.533. The minimum Gasteiger partial charge on any atom is -0.278 e. The monoisotopic (exact) mass is 347 g/mol. The van der Waals surface area contributed by atoms with Crippen molar-refractivity contribution in [2.45, 2.75) is 27.7 Å². The fourth-order valence-electron chi connectivity index (χ4n) is 2.44. The van der Waals surface area contributed by atoms with Crippen molar-refractivity contribution in [3.63, 3.8) is 0 Å². The van der Waals surface area contributed by atoms with Crippen LogP contribution in [0.2, 0.25) is 0 Å². The minimum atomic E-state index is -3.47. The third-order valence-electron chi connectivity index (χ3n) is 3.66. The highest BCUT2D eigenvalue weighted by atomic mass is 31.2. The van der Waals surface area contributed by atoms with Gasteiger partial charge < -0.3 is 0 Å². The molecule has 0 fully saturated rings. The summed E-state index contributed by atoms with van der Waals surface area (Å²) in [6, 6.07) is 3.17. The van der Waals surface area contributed by atoms with E-state index in [4.69, 9.17) is 0 Å². The summed E-state index contributed by atoms with van der Waals surface area (Å²) in [6.45, 7) is 9.00. The predicted molar refractivity (Wildman–Crippen MR) is 87.3 cm³/mol. The first-order chi connectivity index (χ1) is 10.8. The second kappa shape index (κ2) is 8.52. The van der Waals surface area contributed by atoms with Crippen LogP contribution in [0.4, 0.5) is 8.78 Å². The lowest BCUT2D eigenvalue weighted by Gasteiger charge is -2.37. The van der Waals surface area contributed by atoms with Crippen LogP contribution in [0.3, 0.4) is 0 Å².